The predicted octanol–water partition coefficient (Wildman–Crippen LogP) is 2.88. The molecular formula is C26H42N4O4. The molecule has 0 bridgehead atoms. The van der Waals surface area contributed by atoms with Gasteiger partial charge in [0.25, 0.3) is 0 Å². The number of nitrogens with zero attached hydrogens (tertiary/aromatic N) is 3. The van der Waals surface area contributed by atoms with E-state index in [1.807, 2.05) is 51.0 Å². The molecule has 1 fully saturated rings. The maximum atomic E-state index is 13.2. The van der Waals surface area contributed by atoms with E-state index in [-0.39, 0.29) is 49.1 Å². The molecule has 190 valence electrons. The topological polar surface area (TPSA) is 85.4 Å². The minimum absolute atomic E-state index is 0.0294. The molecule has 2 N–H and O–H groups in total. The van der Waals surface area contributed by atoms with Crippen LogP contribution in [0.25, 0.3) is 0 Å². The zero-order chi connectivity index (χ0) is 24.8. The lowest BCUT2D eigenvalue weighted by Crippen LogP contribution is -2.50. The summed E-state index contributed by atoms with van der Waals surface area (Å²) in [7, 11) is 5.73. The van der Waals surface area contributed by atoms with Gasteiger partial charge in [0.15, 0.2) is 0 Å². The summed E-state index contributed by atoms with van der Waals surface area (Å²) in [5, 5.41) is 13.0. The summed E-state index contributed by atoms with van der Waals surface area (Å²) in [5.41, 5.74) is 1.81. The van der Waals surface area contributed by atoms with Crippen LogP contribution in [0.3, 0.4) is 0 Å². The Kier molecular flexibility index (Phi) is 9.05. The summed E-state index contributed by atoms with van der Waals surface area (Å²) in [5.74, 6) is 0.607. The SMILES string of the molecule is C[C@@H]1CN([C@H](C)CO)C(=O)Cc2cc(N(C)C)ccc2O[C@H]1CN(C)C(=O)NC1CCCCC1. The van der Waals surface area contributed by atoms with Crippen LogP contribution in [0, 0.1) is 5.92 Å². The summed E-state index contributed by atoms with van der Waals surface area (Å²) >= 11 is 0. The van der Waals surface area contributed by atoms with Gasteiger partial charge in [-0.2, -0.15) is 0 Å². The van der Waals surface area contributed by atoms with Crippen LogP contribution in [0.2, 0.25) is 0 Å². The summed E-state index contributed by atoms with van der Waals surface area (Å²) in [6.45, 7) is 4.67. The molecule has 1 heterocycles. The molecule has 0 aromatic heterocycles. The molecule has 1 saturated carbocycles. The summed E-state index contributed by atoms with van der Waals surface area (Å²) < 4.78 is 6.50. The Balaban J connectivity index is 1.83. The van der Waals surface area contributed by atoms with Gasteiger partial charge in [-0.05, 0) is 38.0 Å². The largest absolute Gasteiger partial charge is 0.488 e. The van der Waals surface area contributed by atoms with E-state index in [1.165, 1.54) is 6.42 Å². The highest BCUT2D eigenvalue weighted by Gasteiger charge is 2.32. The van der Waals surface area contributed by atoms with Gasteiger partial charge in [-0.15, -0.1) is 0 Å². The Morgan fingerprint density at radius 1 is 1.24 bits per heavy atom. The quantitative estimate of drug-likeness (QED) is 0.662. The molecular weight excluding hydrogens is 432 g/mol. The van der Waals surface area contributed by atoms with E-state index in [1.54, 1.807) is 16.8 Å². The van der Waals surface area contributed by atoms with Crippen molar-refractivity contribution < 1.29 is 19.4 Å². The third kappa shape index (κ3) is 6.56. The zero-order valence-corrected chi connectivity index (χ0v) is 21.4. The second kappa shape index (κ2) is 11.8. The average Bonchev–Trinajstić information content (AvgIpc) is 2.86. The molecule has 3 rings (SSSR count). The molecule has 1 aliphatic heterocycles. The van der Waals surface area contributed by atoms with Gasteiger partial charge in [0.05, 0.1) is 25.6 Å². The molecule has 34 heavy (non-hydrogen) atoms. The van der Waals surface area contributed by atoms with Crippen molar-refractivity contribution >= 4 is 17.6 Å². The van der Waals surface area contributed by atoms with Crippen LogP contribution < -0.4 is 15.0 Å². The summed E-state index contributed by atoms with van der Waals surface area (Å²) in [6.07, 6.45) is 5.54. The Hall–Kier alpha value is -2.48. The summed E-state index contributed by atoms with van der Waals surface area (Å²) in [6, 6.07) is 5.76. The number of carbonyl (C=O) groups is 2. The van der Waals surface area contributed by atoms with Crippen molar-refractivity contribution in [2.24, 2.45) is 5.92 Å². The molecule has 3 atom stereocenters. The number of carbonyl (C=O) groups excluding carboxylic acids is 2. The smallest absolute Gasteiger partial charge is 0.317 e. The number of nitrogens with one attached hydrogen (secondary N) is 1. The van der Waals surface area contributed by atoms with Crippen molar-refractivity contribution in [3.05, 3.63) is 23.8 Å². The first-order valence-electron chi connectivity index (χ1n) is 12.6. The van der Waals surface area contributed by atoms with Crippen molar-refractivity contribution in [1.29, 1.82) is 0 Å². The van der Waals surface area contributed by atoms with E-state index in [0.29, 0.717) is 18.8 Å². The lowest BCUT2D eigenvalue weighted by molar-refractivity contribution is -0.134. The number of benzene rings is 1. The van der Waals surface area contributed by atoms with Gasteiger partial charge in [0, 0.05) is 50.9 Å². The lowest BCUT2D eigenvalue weighted by Gasteiger charge is -2.34. The van der Waals surface area contributed by atoms with Crippen molar-refractivity contribution in [1.82, 2.24) is 15.1 Å². The normalized spacial score (nSPS) is 22.5. The maximum absolute atomic E-state index is 13.2. The number of aliphatic hydroxyl groups excluding tert-OH is 1. The molecule has 1 aromatic carbocycles. The van der Waals surface area contributed by atoms with E-state index in [2.05, 4.69) is 5.32 Å². The number of likely N-dealkylation sites (N-methyl/N-ethyl adjacent to an activating group) is 1. The maximum Gasteiger partial charge on any atom is 0.317 e. The van der Waals surface area contributed by atoms with E-state index >= 15 is 0 Å². The first-order valence-corrected chi connectivity index (χ1v) is 12.6. The van der Waals surface area contributed by atoms with Crippen LogP contribution in [0.4, 0.5) is 10.5 Å². The number of hydrogen-bond acceptors (Lipinski definition) is 5. The van der Waals surface area contributed by atoms with Crippen LogP contribution in [-0.4, -0.2) is 85.9 Å². The van der Waals surface area contributed by atoms with Crippen LogP contribution in [0.5, 0.6) is 5.75 Å². The highest BCUT2D eigenvalue weighted by Crippen LogP contribution is 2.30. The second-order valence-corrected chi connectivity index (χ2v) is 10.2. The fraction of sp³-hybridized carbons (Fsp3) is 0.692. The highest BCUT2D eigenvalue weighted by atomic mass is 16.5. The Bertz CT molecular complexity index is 840. The van der Waals surface area contributed by atoms with Gasteiger partial charge in [-0.1, -0.05) is 26.2 Å². The number of anilines is 1. The molecule has 2 aliphatic rings. The fourth-order valence-electron chi connectivity index (χ4n) is 4.80. The molecule has 0 unspecified atom stereocenters. The number of urea groups is 1. The van der Waals surface area contributed by atoms with Crippen LogP contribution >= 0.6 is 0 Å². The van der Waals surface area contributed by atoms with Gasteiger partial charge >= 0.3 is 6.03 Å². The number of fused-ring (bicyclic) bond motifs is 1. The fourth-order valence-corrected chi connectivity index (χ4v) is 4.80. The number of hydrogen-bond donors (Lipinski definition) is 2. The molecule has 1 aromatic rings. The first kappa shape index (κ1) is 26.1. The molecule has 1 aliphatic carbocycles. The van der Waals surface area contributed by atoms with E-state index < -0.39 is 0 Å². The van der Waals surface area contributed by atoms with Crippen molar-refractivity contribution in [2.45, 2.75) is 70.6 Å². The highest BCUT2D eigenvalue weighted by molar-refractivity contribution is 5.80. The molecule has 0 spiro atoms. The minimum Gasteiger partial charge on any atom is -0.488 e. The van der Waals surface area contributed by atoms with E-state index in [9.17, 15) is 14.7 Å². The van der Waals surface area contributed by atoms with Crippen LogP contribution in [-0.2, 0) is 11.2 Å². The van der Waals surface area contributed by atoms with Crippen LogP contribution in [0.1, 0.15) is 51.5 Å². The Labute approximate surface area is 204 Å². The number of aliphatic hydroxyl groups is 1. The predicted molar refractivity (Wildman–Crippen MR) is 134 cm³/mol. The van der Waals surface area contributed by atoms with E-state index in [4.69, 9.17) is 4.74 Å². The Morgan fingerprint density at radius 3 is 2.59 bits per heavy atom. The van der Waals surface area contributed by atoms with Crippen molar-refractivity contribution in [2.75, 3.05) is 45.7 Å². The van der Waals surface area contributed by atoms with E-state index in [0.717, 1.165) is 36.9 Å². The molecule has 0 saturated heterocycles. The number of rotatable bonds is 6. The van der Waals surface area contributed by atoms with Crippen molar-refractivity contribution in [3.8, 4) is 5.75 Å². The third-order valence-corrected chi connectivity index (χ3v) is 7.15. The lowest BCUT2D eigenvalue weighted by atomic mass is 9.96. The Morgan fingerprint density at radius 2 is 1.94 bits per heavy atom. The second-order valence-electron chi connectivity index (χ2n) is 10.2. The number of ether oxygens (including phenoxy) is 1. The standard InChI is InChI=1S/C26H42N4O4/c1-18-15-30(19(2)17-31)25(32)14-20-13-22(28(3)4)11-12-23(20)34-24(18)16-29(5)26(33)27-21-9-7-6-8-10-21/h11-13,18-19,21,24,31H,6-10,14-17H2,1-5H3,(H,27,33)/t18-,19-,24+/m1/s1. The van der Waals surface area contributed by atoms with Crippen molar-refractivity contribution in [3.63, 3.8) is 0 Å². The third-order valence-electron chi connectivity index (χ3n) is 7.15. The molecule has 0 radical (unpaired) electrons. The average molecular weight is 475 g/mol. The van der Waals surface area contributed by atoms with Gasteiger partial charge in [-0.25, -0.2) is 4.79 Å². The van der Waals surface area contributed by atoms with Gasteiger partial charge in [0.1, 0.15) is 11.9 Å². The van der Waals surface area contributed by atoms with Crippen LogP contribution in [0.15, 0.2) is 18.2 Å². The van der Waals surface area contributed by atoms with Gasteiger partial charge in [-0.3, -0.25) is 4.79 Å². The zero-order valence-electron chi connectivity index (χ0n) is 21.4. The summed E-state index contributed by atoms with van der Waals surface area (Å²) in [4.78, 5) is 31.6. The first-order chi connectivity index (χ1) is 16.2. The minimum atomic E-state index is -0.301. The van der Waals surface area contributed by atoms with Gasteiger partial charge < -0.3 is 29.9 Å². The molecule has 8 nitrogen and oxygen atoms in total. The van der Waals surface area contributed by atoms with Gasteiger partial charge in [0.2, 0.25) is 5.91 Å². The number of amides is 3. The molecule has 3 amide bonds. The monoisotopic (exact) mass is 474 g/mol. The molecule has 8 heteroatoms.